The van der Waals surface area contributed by atoms with Gasteiger partial charge in [0.15, 0.2) is 0 Å². The molecule has 5 heteroatoms. The van der Waals surface area contributed by atoms with Crippen molar-refractivity contribution in [2.45, 2.75) is 63.8 Å². The van der Waals surface area contributed by atoms with Crippen molar-refractivity contribution in [3.63, 3.8) is 0 Å². The normalized spacial score (nSPS) is 35.8. The molecule has 1 aromatic heterocycles. The first kappa shape index (κ1) is 14.6. The number of nitrogens with one attached hydrogen (secondary N) is 1. The maximum Gasteiger partial charge on any atom is 0.229 e. The summed E-state index contributed by atoms with van der Waals surface area (Å²) in [4.78, 5) is 12.4. The molecule has 0 saturated heterocycles. The van der Waals surface area contributed by atoms with Crippen LogP contribution < -0.4 is 5.32 Å². The standard InChI is InChI=1S/C17H23ClN2O2/c1-10-14(16(18)22-20-10)2-3-15(21)19-17-7-11-4-12(8-17)6-13(5-11)9-17/h11-13H,2-9H2,1H3,(H,19,21). The lowest BCUT2D eigenvalue weighted by Gasteiger charge is -2.56. The van der Waals surface area contributed by atoms with Crippen LogP contribution in [0.15, 0.2) is 4.52 Å². The number of carbonyl (C=O) groups is 1. The van der Waals surface area contributed by atoms with Crippen molar-refractivity contribution in [3.05, 3.63) is 16.5 Å². The number of halogens is 1. The Morgan fingerprint density at radius 2 is 1.86 bits per heavy atom. The molecule has 1 N–H and O–H groups in total. The first-order chi connectivity index (χ1) is 10.5. The molecule has 0 aromatic carbocycles. The highest BCUT2D eigenvalue weighted by Crippen LogP contribution is 2.55. The minimum absolute atomic E-state index is 0.0965. The van der Waals surface area contributed by atoms with Gasteiger partial charge < -0.3 is 9.84 Å². The molecule has 4 aliphatic rings. The Morgan fingerprint density at radius 3 is 2.36 bits per heavy atom. The number of nitrogens with zero attached hydrogens (tertiary/aromatic N) is 1. The molecule has 4 saturated carbocycles. The van der Waals surface area contributed by atoms with E-state index in [0.717, 1.165) is 29.0 Å². The fourth-order valence-corrected chi connectivity index (χ4v) is 5.77. The van der Waals surface area contributed by atoms with E-state index in [1.165, 1.54) is 38.5 Å². The number of hydrogen-bond donors (Lipinski definition) is 1. The van der Waals surface area contributed by atoms with Gasteiger partial charge in [0.05, 0.1) is 5.69 Å². The lowest BCUT2D eigenvalue weighted by molar-refractivity contribution is -0.126. The molecule has 4 nitrogen and oxygen atoms in total. The third-order valence-electron chi connectivity index (χ3n) is 5.98. The Labute approximate surface area is 136 Å². The van der Waals surface area contributed by atoms with Gasteiger partial charge in [-0.2, -0.15) is 0 Å². The number of hydrogen-bond acceptors (Lipinski definition) is 3. The van der Waals surface area contributed by atoms with Gasteiger partial charge in [0.2, 0.25) is 11.1 Å². The highest BCUT2D eigenvalue weighted by atomic mass is 35.5. The van der Waals surface area contributed by atoms with Crippen LogP contribution in [0.25, 0.3) is 0 Å². The van der Waals surface area contributed by atoms with Gasteiger partial charge >= 0.3 is 0 Å². The second-order valence-electron chi connectivity index (χ2n) is 7.77. The van der Waals surface area contributed by atoms with Gasteiger partial charge in [-0.05, 0) is 81.2 Å². The summed E-state index contributed by atoms with van der Waals surface area (Å²) in [5, 5.41) is 7.55. The molecule has 0 atom stereocenters. The first-order valence-electron chi connectivity index (χ1n) is 8.45. The minimum atomic E-state index is 0.0965. The van der Waals surface area contributed by atoms with E-state index in [9.17, 15) is 4.79 Å². The van der Waals surface area contributed by atoms with Crippen molar-refractivity contribution < 1.29 is 9.32 Å². The Bertz CT molecular complexity index is 541. The zero-order valence-electron chi connectivity index (χ0n) is 13.0. The number of aryl methyl sites for hydroxylation is 1. The Balaban J connectivity index is 1.38. The fourth-order valence-electron chi connectivity index (χ4n) is 5.50. The van der Waals surface area contributed by atoms with Crippen molar-refractivity contribution in [3.8, 4) is 0 Å². The average molecular weight is 323 g/mol. The quantitative estimate of drug-likeness (QED) is 0.920. The summed E-state index contributed by atoms with van der Waals surface area (Å²) in [6.45, 7) is 1.86. The number of rotatable bonds is 4. The van der Waals surface area contributed by atoms with E-state index in [-0.39, 0.29) is 11.4 Å². The molecule has 0 radical (unpaired) electrons. The SMILES string of the molecule is Cc1noc(Cl)c1CCC(=O)NC12CC3CC(CC(C3)C1)C2. The van der Waals surface area contributed by atoms with Gasteiger partial charge in [-0.1, -0.05) is 5.16 Å². The fraction of sp³-hybridized carbons (Fsp3) is 0.765. The molecular weight excluding hydrogens is 300 g/mol. The summed E-state index contributed by atoms with van der Waals surface area (Å²) in [5.74, 6) is 2.70. The van der Waals surface area contributed by atoms with Gasteiger partial charge in [-0.25, -0.2) is 0 Å². The molecule has 0 unspecified atom stereocenters. The van der Waals surface area contributed by atoms with E-state index in [1.54, 1.807) is 0 Å². The van der Waals surface area contributed by atoms with Crippen LogP contribution in [-0.4, -0.2) is 16.6 Å². The summed E-state index contributed by atoms with van der Waals surface area (Å²) in [7, 11) is 0. The molecule has 22 heavy (non-hydrogen) atoms. The van der Waals surface area contributed by atoms with Gasteiger partial charge in [0.25, 0.3) is 0 Å². The van der Waals surface area contributed by atoms with Crippen LogP contribution in [0.2, 0.25) is 5.22 Å². The summed E-state index contributed by atoms with van der Waals surface area (Å²) in [5.41, 5.74) is 1.74. The third-order valence-corrected chi connectivity index (χ3v) is 6.28. The smallest absolute Gasteiger partial charge is 0.229 e. The second-order valence-corrected chi connectivity index (χ2v) is 8.11. The van der Waals surface area contributed by atoms with Crippen LogP contribution in [-0.2, 0) is 11.2 Å². The minimum Gasteiger partial charge on any atom is -0.351 e. The van der Waals surface area contributed by atoms with Crippen molar-refractivity contribution in [1.29, 1.82) is 0 Å². The predicted molar refractivity (Wildman–Crippen MR) is 83.6 cm³/mol. The topological polar surface area (TPSA) is 55.1 Å². The molecule has 1 aromatic rings. The molecule has 0 aliphatic heterocycles. The summed E-state index contributed by atoms with van der Waals surface area (Å²) >= 11 is 5.97. The van der Waals surface area contributed by atoms with E-state index in [1.807, 2.05) is 6.92 Å². The first-order valence-corrected chi connectivity index (χ1v) is 8.82. The van der Waals surface area contributed by atoms with Crippen molar-refractivity contribution >= 4 is 17.5 Å². The highest BCUT2D eigenvalue weighted by molar-refractivity contribution is 6.29. The van der Waals surface area contributed by atoms with Crippen molar-refractivity contribution in [1.82, 2.24) is 10.5 Å². The van der Waals surface area contributed by atoms with Gasteiger partial charge in [-0.15, -0.1) is 0 Å². The van der Waals surface area contributed by atoms with Crippen molar-refractivity contribution in [2.24, 2.45) is 17.8 Å². The summed E-state index contributed by atoms with van der Waals surface area (Å²) < 4.78 is 4.95. The number of amides is 1. The molecule has 4 fully saturated rings. The van der Waals surface area contributed by atoms with E-state index in [2.05, 4.69) is 10.5 Å². The van der Waals surface area contributed by atoms with Crippen LogP contribution in [0, 0.1) is 24.7 Å². The number of aromatic nitrogens is 1. The molecule has 0 spiro atoms. The van der Waals surface area contributed by atoms with Crippen LogP contribution in [0.3, 0.4) is 0 Å². The molecule has 5 rings (SSSR count). The largest absolute Gasteiger partial charge is 0.351 e. The van der Waals surface area contributed by atoms with E-state index < -0.39 is 0 Å². The highest BCUT2D eigenvalue weighted by Gasteiger charge is 2.51. The van der Waals surface area contributed by atoms with Crippen molar-refractivity contribution in [2.75, 3.05) is 0 Å². The van der Waals surface area contributed by atoms with E-state index in [4.69, 9.17) is 16.1 Å². The average Bonchev–Trinajstić information content (AvgIpc) is 2.73. The molecule has 1 heterocycles. The molecule has 120 valence electrons. The Kier molecular flexibility index (Phi) is 3.48. The maximum atomic E-state index is 12.4. The van der Waals surface area contributed by atoms with Crippen LogP contribution in [0.4, 0.5) is 0 Å². The van der Waals surface area contributed by atoms with Crippen LogP contribution in [0.5, 0.6) is 0 Å². The zero-order chi connectivity index (χ0) is 15.3. The number of carbonyl (C=O) groups excluding carboxylic acids is 1. The van der Waals surface area contributed by atoms with Gasteiger partial charge in [0.1, 0.15) is 0 Å². The monoisotopic (exact) mass is 322 g/mol. The Hall–Kier alpha value is -1.03. The van der Waals surface area contributed by atoms with Gasteiger partial charge in [-0.3, -0.25) is 4.79 Å². The predicted octanol–water partition coefficient (Wildman–Crippen LogP) is 3.65. The van der Waals surface area contributed by atoms with Crippen LogP contribution >= 0.6 is 11.6 Å². The molecule has 1 amide bonds. The third kappa shape index (κ3) is 2.55. The molecule has 4 bridgehead atoms. The van der Waals surface area contributed by atoms with Crippen LogP contribution in [0.1, 0.15) is 56.2 Å². The zero-order valence-corrected chi connectivity index (χ0v) is 13.8. The van der Waals surface area contributed by atoms with Gasteiger partial charge in [0, 0.05) is 17.5 Å². The Morgan fingerprint density at radius 1 is 1.27 bits per heavy atom. The summed E-state index contributed by atoms with van der Waals surface area (Å²) in [6.07, 6.45) is 8.82. The molecule has 4 aliphatic carbocycles. The second kappa shape index (κ2) is 5.26. The summed E-state index contributed by atoms with van der Waals surface area (Å²) in [6, 6.07) is 0. The van der Waals surface area contributed by atoms with E-state index >= 15 is 0 Å². The van der Waals surface area contributed by atoms with E-state index in [0.29, 0.717) is 18.1 Å². The maximum absolute atomic E-state index is 12.4. The lowest BCUT2D eigenvalue weighted by Crippen LogP contribution is -2.59. The molecular formula is C17H23ClN2O2. The lowest BCUT2D eigenvalue weighted by atomic mass is 9.53.